The molecule has 0 amide bonds. The average molecular weight is 468 g/mol. The van der Waals surface area contributed by atoms with Gasteiger partial charge in [0, 0.05) is 19.1 Å². The molecule has 3 aliphatic rings. The van der Waals surface area contributed by atoms with E-state index in [9.17, 15) is 23.1 Å². The lowest BCUT2D eigenvalue weighted by atomic mass is 9.89. The molecule has 1 heterocycles. The van der Waals surface area contributed by atoms with Gasteiger partial charge in [0.05, 0.1) is 24.2 Å². The second-order valence-electron chi connectivity index (χ2n) is 10.3. The first-order valence-electron chi connectivity index (χ1n) is 12.6. The van der Waals surface area contributed by atoms with Crippen molar-refractivity contribution in [2.24, 2.45) is 11.8 Å². The van der Waals surface area contributed by atoms with E-state index >= 15 is 0 Å². The van der Waals surface area contributed by atoms with Crippen LogP contribution in [0.4, 0.5) is 13.2 Å². The molecule has 1 aromatic rings. The largest absolute Gasteiger partial charge is 0.481 e. The lowest BCUT2D eigenvalue weighted by Gasteiger charge is -2.44. The molecule has 0 aromatic heterocycles. The molecule has 1 N–H and O–H groups in total. The van der Waals surface area contributed by atoms with Gasteiger partial charge in [-0.3, -0.25) is 9.69 Å². The zero-order valence-electron chi connectivity index (χ0n) is 19.2. The number of carbonyl (C=O) groups is 1. The average Bonchev–Trinajstić information content (AvgIpc) is 3.47. The second-order valence-corrected chi connectivity index (χ2v) is 10.3. The number of hydrogen-bond donors (Lipinski definition) is 1. The Morgan fingerprint density at radius 3 is 2.12 bits per heavy atom. The molecule has 3 atom stereocenters. The van der Waals surface area contributed by atoms with E-state index in [1.54, 1.807) is 6.07 Å². The van der Waals surface area contributed by atoms with Gasteiger partial charge in [-0.1, -0.05) is 37.8 Å². The molecule has 4 rings (SSSR count). The van der Waals surface area contributed by atoms with Crippen molar-refractivity contribution in [2.45, 2.75) is 95.1 Å². The number of nitrogens with zero attached hydrogens (tertiary/aromatic N) is 1. The summed E-state index contributed by atoms with van der Waals surface area (Å²) in [5.74, 6) is 0.325. The molecule has 0 radical (unpaired) electrons. The van der Waals surface area contributed by atoms with Crippen molar-refractivity contribution < 1.29 is 27.8 Å². The molecule has 3 unspecified atom stereocenters. The van der Waals surface area contributed by atoms with Gasteiger partial charge in [0.1, 0.15) is 0 Å². The second kappa shape index (κ2) is 10.8. The van der Waals surface area contributed by atoms with E-state index in [4.69, 9.17) is 4.74 Å². The van der Waals surface area contributed by atoms with Gasteiger partial charge in [-0.15, -0.1) is 0 Å². The molecule has 3 fully saturated rings. The highest BCUT2D eigenvalue weighted by molar-refractivity contribution is 5.67. The highest BCUT2D eigenvalue weighted by Crippen LogP contribution is 2.40. The first kappa shape index (κ1) is 24.5. The van der Waals surface area contributed by atoms with E-state index in [0.717, 1.165) is 25.6 Å². The number of carboxylic acid groups (broad SMARTS) is 1. The maximum Gasteiger partial charge on any atom is 0.416 e. The molecule has 2 aliphatic carbocycles. The molecule has 184 valence electrons. The van der Waals surface area contributed by atoms with Crippen molar-refractivity contribution in [2.75, 3.05) is 13.1 Å². The van der Waals surface area contributed by atoms with Crippen molar-refractivity contribution >= 4 is 5.97 Å². The number of hydrogen-bond acceptors (Lipinski definition) is 3. The van der Waals surface area contributed by atoms with Crippen molar-refractivity contribution in [3.8, 4) is 0 Å². The predicted octanol–water partition coefficient (Wildman–Crippen LogP) is 6.45. The summed E-state index contributed by atoms with van der Waals surface area (Å²) in [5.41, 5.74) is -0.173. The molecular weight excluding hydrogens is 431 g/mol. The van der Waals surface area contributed by atoms with E-state index < -0.39 is 29.9 Å². The molecule has 0 bridgehead atoms. The van der Waals surface area contributed by atoms with Crippen LogP contribution in [0.2, 0.25) is 0 Å². The molecule has 2 saturated carbocycles. The summed E-state index contributed by atoms with van der Waals surface area (Å²) >= 11 is 0. The van der Waals surface area contributed by atoms with Gasteiger partial charge < -0.3 is 9.84 Å². The van der Waals surface area contributed by atoms with Crippen LogP contribution in [0, 0.1) is 11.8 Å². The third kappa shape index (κ3) is 6.50. The molecular formula is C26H36F3NO3. The van der Waals surface area contributed by atoms with Gasteiger partial charge in [-0.05, 0) is 68.1 Å². The molecule has 4 nitrogen and oxygen atoms in total. The Morgan fingerprint density at radius 1 is 0.970 bits per heavy atom. The topological polar surface area (TPSA) is 49.8 Å². The molecule has 7 heteroatoms. The standard InChI is InChI=1S/C26H36F3NO3/c27-26(28,29)21-11-5-10-20(14-21)25-23(13-12-22(33-25)15-24(31)32)30(16-18-6-1-2-7-18)17-19-8-3-4-9-19/h5,10-11,14,18-19,22-23,25H,1-4,6-9,12-13,15-17H2,(H,31,32). The van der Waals surface area contributed by atoms with Gasteiger partial charge in [-0.2, -0.15) is 13.2 Å². The molecule has 33 heavy (non-hydrogen) atoms. The summed E-state index contributed by atoms with van der Waals surface area (Å²) in [6.07, 6.45) is 5.66. The number of halogens is 3. The quantitative estimate of drug-likeness (QED) is 0.477. The van der Waals surface area contributed by atoms with Crippen LogP contribution in [-0.2, 0) is 15.7 Å². The number of alkyl halides is 3. The third-order valence-corrected chi connectivity index (χ3v) is 7.82. The SMILES string of the molecule is O=C(O)CC1CCC(N(CC2CCCC2)CC2CCCC2)C(c2cccc(C(F)(F)F)c2)O1. The number of aliphatic carboxylic acids is 1. The maximum absolute atomic E-state index is 13.5. The fraction of sp³-hybridized carbons (Fsp3) is 0.731. The Labute approximate surface area is 194 Å². The number of ether oxygens (including phenoxy) is 1. The van der Waals surface area contributed by atoms with E-state index in [1.165, 1.54) is 63.5 Å². The number of benzene rings is 1. The zero-order valence-corrected chi connectivity index (χ0v) is 19.2. The highest BCUT2D eigenvalue weighted by atomic mass is 19.4. The van der Waals surface area contributed by atoms with Crippen molar-refractivity contribution in [3.05, 3.63) is 35.4 Å². The minimum atomic E-state index is -4.42. The highest BCUT2D eigenvalue weighted by Gasteiger charge is 2.40. The summed E-state index contributed by atoms with van der Waals surface area (Å²) in [5, 5.41) is 9.29. The van der Waals surface area contributed by atoms with E-state index in [0.29, 0.717) is 23.8 Å². The summed E-state index contributed by atoms with van der Waals surface area (Å²) in [6, 6.07) is 5.41. The fourth-order valence-corrected chi connectivity index (χ4v) is 6.18. The lowest BCUT2D eigenvalue weighted by molar-refractivity contribution is -0.148. The third-order valence-electron chi connectivity index (χ3n) is 7.82. The van der Waals surface area contributed by atoms with Crippen LogP contribution >= 0.6 is 0 Å². The van der Waals surface area contributed by atoms with Gasteiger partial charge in [0.2, 0.25) is 0 Å². The monoisotopic (exact) mass is 467 g/mol. The Kier molecular flexibility index (Phi) is 8.00. The summed E-state index contributed by atoms with van der Waals surface area (Å²) < 4.78 is 46.6. The van der Waals surface area contributed by atoms with Gasteiger partial charge in [0.25, 0.3) is 0 Å². The first-order valence-corrected chi connectivity index (χ1v) is 12.6. The lowest BCUT2D eigenvalue weighted by Crippen LogP contribution is -2.48. The van der Waals surface area contributed by atoms with Crippen molar-refractivity contribution in [1.82, 2.24) is 4.90 Å². The molecule has 1 saturated heterocycles. The normalized spacial score (nSPS) is 27.5. The number of carboxylic acids is 1. The van der Waals surface area contributed by atoms with Crippen LogP contribution in [0.15, 0.2) is 24.3 Å². The fourth-order valence-electron chi connectivity index (χ4n) is 6.18. The summed E-state index contributed by atoms with van der Waals surface area (Å²) in [4.78, 5) is 13.8. The van der Waals surface area contributed by atoms with E-state index in [2.05, 4.69) is 4.90 Å². The van der Waals surface area contributed by atoms with Crippen LogP contribution in [0.25, 0.3) is 0 Å². The van der Waals surface area contributed by atoms with Crippen LogP contribution in [0.5, 0.6) is 0 Å². The molecule has 1 aliphatic heterocycles. The number of rotatable bonds is 8. The predicted molar refractivity (Wildman–Crippen MR) is 120 cm³/mol. The molecule has 0 spiro atoms. The smallest absolute Gasteiger partial charge is 0.416 e. The molecule has 1 aromatic carbocycles. The van der Waals surface area contributed by atoms with E-state index in [1.807, 2.05) is 0 Å². The minimum Gasteiger partial charge on any atom is -0.481 e. The zero-order chi connectivity index (χ0) is 23.4. The van der Waals surface area contributed by atoms with Crippen LogP contribution in [0.3, 0.4) is 0 Å². The Hall–Kier alpha value is -1.60. The van der Waals surface area contributed by atoms with Crippen LogP contribution < -0.4 is 0 Å². The van der Waals surface area contributed by atoms with E-state index in [-0.39, 0.29) is 12.5 Å². The van der Waals surface area contributed by atoms with Gasteiger partial charge >= 0.3 is 12.1 Å². The van der Waals surface area contributed by atoms with Crippen LogP contribution in [0.1, 0.15) is 87.9 Å². The van der Waals surface area contributed by atoms with Crippen LogP contribution in [-0.4, -0.2) is 41.2 Å². The summed E-state index contributed by atoms with van der Waals surface area (Å²) in [6.45, 7) is 1.92. The Balaban J connectivity index is 1.61. The first-order chi connectivity index (χ1) is 15.8. The Bertz CT molecular complexity index is 769. The van der Waals surface area contributed by atoms with Gasteiger partial charge in [0.15, 0.2) is 0 Å². The Morgan fingerprint density at radius 2 is 1.58 bits per heavy atom. The van der Waals surface area contributed by atoms with Gasteiger partial charge in [-0.25, -0.2) is 0 Å². The maximum atomic E-state index is 13.5. The van der Waals surface area contributed by atoms with Crippen molar-refractivity contribution in [3.63, 3.8) is 0 Å². The van der Waals surface area contributed by atoms with Crippen molar-refractivity contribution in [1.29, 1.82) is 0 Å². The summed E-state index contributed by atoms with van der Waals surface area (Å²) in [7, 11) is 0. The minimum absolute atomic E-state index is 0.0280.